The van der Waals surface area contributed by atoms with E-state index in [1.807, 2.05) is 6.92 Å². The summed E-state index contributed by atoms with van der Waals surface area (Å²) < 4.78 is 18.6. The number of hydrogen-bond acceptors (Lipinski definition) is 3. The molecule has 0 heterocycles. The Morgan fingerprint density at radius 1 is 1.07 bits per heavy atom. The quantitative estimate of drug-likeness (QED) is 0.397. The Kier molecular flexibility index (Phi) is 6.86. The Morgan fingerprint density at radius 2 is 1.83 bits per heavy atom. The lowest BCUT2D eigenvalue weighted by molar-refractivity contribution is 0.0955. The normalized spacial score (nSPS) is 10.9. The van der Waals surface area contributed by atoms with E-state index in [2.05, 4.69) is 10.5 Å². The lowest BCUT2D eigenvalue weighted by atomic mass is 10.1. The van der Waals surface area contributed by atoms with Gasteiger partial charge in [-0.2, -0.15) is 5.10 Å². The van der Waals surface area contributed by atoms with E-state index in [0.717, 1.165) is 11.1 Å². The van der Waals surface area contributed by atoms with E-state index in [0.29, 0.717) is 26.9 Å². The molecule has 0 radical (unpaired) electrons. The number of nitrogens with one attached hydrogen (secondary N) is 1. The molecule has 7 heteroatoms. The Labute approximate surface area is 177 Å². The summed E-state index contributed by atoms with van der Waals surface area (Å²) in [4.78, 5) is 12.2. The molecule has 0 aliphatic rings. The maximum absolute atomic E-state index is 12.9. The smallest absolute Gasteiger partial charge is 0.272 e. The molecule has 0 aromatic heterocycles. The van der Waals surface area contributed by atoms with Gasteiger partial charge in [-0.05, 0) is 66.1 Å². The highest BCUT2D eigenvalue weighted by Crippen LogP contribution is 2.26. The van der Waals surface area contributed by atoms with Crippen molar-refractivity contribution in [2.75, 3.05) is 0 Å². The summed E-state index contributed by atoms with van der Waals surface area (Å²) in [7, 11) is 0. The van der Waals surface area contributed by atoms with Crippen molar-refractivity contribution in [1.29, 1.82) is 0 Å². The van der Waals surface area contributed by atoms with Crippen LogP contribution in [0.1, 0.15) is 27.0 Å². The van der Waals surface area contributed by atoms with Gasteiger partial charge < -0.3 is 4.74 Å². The molecule has 148 valence electrons. The summed E-state index contributed by atoms with van der Waals surface area (Å²) in [6.07, 6.45) is 1.47. The van der Waals surface area contributed by atoms with Gasteiger partial charge in [-0.3, -0.25) is 4.79 Å². The number of hydrogen-bond donors (Lipinski definition) is 1. The van der Waals surface area contributed by atoms with Gasteiger partial charge in [0.25, 0.3) is 5.91 Å². The first kappa shape index (κ1) is 20.8. The Hall–Kier alpha value is -2.89. The van der Waals surface area contributed by atoms with Crippen molar-refractivity contribution >= 4 is 35.3 Å². The van der Waals surface area contributed by atoms with Crippen LogP contribution in [0, 0.1) is 12.7 Å². The molecule has 3 aromatic carbocycles. The summed E-state index contributed by atoms with van der Waals surface area (Å²) in [5.74, 6) is -0.215. The first-order valence-electron chi connectivity index (χ1n) is 8.69. The summed E-state index contributed by atoms with van der Waals surface area (Å²) in [5, 5.41) is 4.69. The van der Waals surface area contributed by atoms with E-state index in [-0.39, 0.29) is 12.4 Å². The van der Waals surface area contributed by atoms with Crippen LogP contribution in [0.4, 0.5) is 4.39 Å². The molecule has 0 fully saturated rings. The standard InChI is InChI=1S/C22H17Cl2FN2O2/c1-14-2-8-18(19(23)10-14)22(28)27-26-12-16-5-9-21(20(24)11-16)29-13-15-3-6-17(25)7-4-15/h2-12H,13H2,1H3,(H,27,28)/b26-12-. The number of benzene rings is 3. The van der Waals surface area contributed by atoms with E-state index in [4.69, 9.17) is 27.9 Å². The molecule has 0 unspecified atom stereocenters. The number of halogens is 3. The first-order chi connectivity index (χ1) is 13.9. The minimum atomic E-state index is -0.406. The van der Waals surface area contributed by atoms with Gasteiger partial charge in [0.15, 0.2) is 0 Å². The van der Waals surface area contributed by atoms with Crippen molar-refractivity contribution in [2.45, 2.75) is 13.5 Å². The van der Waals surface area contributed by atoms with Crippen LogP contribution in [0.3, 0.4) is 0 Å². The molecule has 29 heavy (non-hydrogen) atoms. The first-order valence-corrected chi connectivity index (χ1v) is 9.44. The average Bonchev–Trinajstić information content (AvgIpc) is 2.68. The number of carbonyl (C=O) groups excluding carboxylic acids is 1. The summed E-state index contributed by atoms with van der Waals surface area (Å²) in [5.41, 5.74) is 5.25. The number of carbonyl (C=O) groups is 1. The highest BCUT2D eigenvalue weighted by molar-refractivity contribution is 6.34. The number of ether oxygens (including phenoxy) is 1. The van der Waals surface area contributed by atoms with E-state index in [1.54, 1.807) is 48.5 Å². The molecule has 0 atom stereocenters. The molecular weight excluding hydrogens is 414 g/mol. The van der Waals surface area contributed by atoms with Crippen LogP contribution >= 0.6 is 23.2 Å². The maximum atomic E-state index is 12.9. The molecule has 3 aromatic rings. The van der Waals surface area contributed by atoms with Gasteiger partial charge >= 0.3 is 0 Å². The SMILES string of the molecule is Cc1ccc(C(=O)N/N=C\c2ccc(OCc3ccc(F)cc3)c(Cl)c2)c(Cl)c1. The van der Waals surface area contributed by atoms with Crippen LogP contribution in [-0.2, 0) is 6.61 Å². The second-order valence-corrected chi connectivity index (χ2v) is 7.10. The molecule has 0 spiro atoms. The predicted molar refractivity (Wildman–Crippen MR) is 113 cm³/mol. The van der Waals surface area contributed by atoms with Gasteiger partial charge in [-0.1, -0.05) is 41.4 Å². The van der Waals surface area contributed by atoms with Crippen LogP contribution in [0.5, 0.6) is 5.75 Å². The third kappa shape index (κ3) is 5.79. The number of nitrogens with zero attached hydrogens (tertiary/aromatic N) is 1. The fraction of sp³-hybridized carbons (Fsp3) is 0.0909. The van der Waals surface area contributed by atoms with Crippen molar-refractivity contribution in [3.8, 4) is 5.75 Å². The molecule has 1 N–H and O–H groups in total. The minimum absolute atomic E-state index is 0.265. The second kappa shape index (κ2) is 9.54. The number of rotatable bonds is 6. The van der Waals surface area contributed by atoms with Gasteiger partial charge in [0.2, 0.25) is 0 Å². The maximum Gasteiger partial charge on any atom is 0.272 e. The van der Waals surface area contributed by atoms with Gasteiger partial charge in [0.1, 0.15) is 18.2 Å². The third-order valence-corrected chi connectivity index (χ3v) is 4.62. The largest absolute Gasteiger partial charge is 0.487 e. The molecule has 0 aliphatic carbocycles. The zero-order valence-corrected chi connectivity index (χ0v) is 17.0. The zero-order valence-electron chi connectivity index (χ0n) is 15.5. The number of aryl methyl sites for hydroxylation is 1. The summed E-state index contributed by atoms with van der Waals surface area (Å²) in [6.45, 7) is 2.16. The van der Waals surface area contributed by atoms with E-state index in [1.165, 1.54) is 18.3 Å². The zero-order chi connectivity index (χ0) is 20.8. The molecule has 1 amide bonds. The molecule has 4 nitrogen and oxygen atoms in total. The highest BCUT2D eigenvalue weighted by atomic mass is 35.5. The fourth-order valence-corrected chi connectivity index (χ4v) is 3.05. The van der Waals surface area contributed by atoms with Crippen LogP contribution < -0.4 is 10.2 Å². The number of hydrazone groups is 1. The van der Waals surface area contributed by atoms with Gasteiger partial charge in [-0.15, -0.1) is 0 Å². The average molecular weight is 431 g/mol. The molecule has 0 saturated heterocycles. The predicted octanol–water partition coefficient (Wildman–Crippen LogP) is 5.78. The lowest BCUT2D eigenvalue weighted by Gasteiger charge is -2.08. The van der Waals surface area contributed by atoms with Gasteiger partial charge in [-0.25, -0.2) is 9.82 Å². The molecule has 3 rings (SSSR count). The summed E-state index contributed by atoms with van der Waals surface area (Å²) in [6, 6.07) is 16.3. The minimum Gasteiger partial charge on any atom is -0.487 e. The molecule has 0 bridgehead atoms. The van der Waals surface area contributed by atoms with Gasteiger partial charge in [0.05, 0.1) is 21.8 Å². The van der Waals surface area contributed by atoms with Gasteiger partial charge in [0, 0.05) is 0 Å². The van der Waals surface area contributed by atoms with Crippen LogP contribution in [0.25, 0.3) is 0 Å². The second-order valence-electron chi connectivity index (χ2n) is 6.29. The van der Waals surface area contributed by atoms with Crippen molar-refractivity contribution < 1.29 is 13.9 Å². The van der Waals surface area contributed by atoms with Crippen LogP contribution in [0.15, 0.2) is 65.8 Å². The summed E-state index contributed by atoms with van der Waals surface area (Å²) >= 11 is 12.3. The molecular formula is C22H17Cl2FN2O2. The molecule has 0 aliphatic heterocycles. The Morgan fingerprint density at radius 3 is 2.52 bits per heavy atom. The van der Waals surface area contributed by atoms with Crippen molar-refractivity contribution in [3.63, 3.8) is 0 Å². The van der Waals surface area contributed by atoms with Crippen LogP contribution in [0.2, 0.25) is 10.0 Å². The van der Waals surface area contributed by atoms with Crippen molar-refractivity contribution in [3.05, 3.63) is 98.8 Å². The van der Waals surface area contributed by atoms with Crippen molar-refractivity contribution in [1.82, 2.24) is 5.43 Å². The molecule has 0 saturated carbocycles. The van der Waals surface area contributed by atoms with E-state index < -0.39 is 5.91 Å². The lowest BCUT2D eigenvalue weighted by Crippen LogP contribution is -2.18. The third-order valence-electron chi connectivity index (χ3n) is 4.01. The highest BCUT2D eigenvalue weighted by Gasteiger charge is 2.09. The topological polar surface area (TPSA) is 50.7 Å². The Bertz CT molecular complexity index is 1050. The van der Waals surface area contributed by atoms with E-state index >= 15 is 0 Å². The van der Waals surface area contributed by atoms with E-state index in [9.17, 15) is 9.18 Å². The fourth-order valence-electron chi connectivity index (χ4n) is 2.49. The van der Waals surface area contributed by atoms with Crippen molar-refractivity contribution in [2.24, 2.45) is 5.10 Å². The Balaban J connectivity index is 1.59. The monoisotopic (exact) mass is 430 g/mol. The van der Waals surface area contributed by atoms with Crippen LogP contribution in [-0.4, -0.2) is 12.1 Å². The number of amides is 1.